The first kappa shape index (κ1) is 26.7. The van der Waals surface area contributed by atoms with Crippen molar-refractivity contribution in [3.63, 3.8) is 0 Å². The van der Waals surface area contributed by atoms with Gasteiger partial charge in [-0.3, -0.25) is 14.5 Å². The molecule has 2 aromatic rings. The maximum atomic E-state index is 12.8. The SMILES string of the molecule is Cc1ncsc1/C=C\SC1=C(C(=O)[O-])N2C(=O)[C@@H](NC(=O)/C(=N\O)c3csc(N)n3)[C@H]2SC1.[Na+]. The van der Waals surface area contributed by atoms with Crippen molar-refractivity contribution in [2.45, 2.75) is 18.3 Å². The molecule has 0 bridgehead atoms. The van der Waals surface area contributed by atoms with E-state index in [1.807, 2.05) is 13.0 Å². The quantitative estimate of drug-likeness (QED) is 0.110. The van der Waals surface area contributed by atoms with E-state index in [0.29, 0.717) is 10.7 Å². The summed E-state index contributed by atoms with van der Waals surface area (Å²) in [7, 11) is 0. The van der Waals surface area contributed by atoms with Gasteiger partial charge in [0.1, 0.15) is 17.1 Å². The van der Waals surface area contributed by atoms with E-state index in [1.165, 1.54) is 40.2 Å². The molecule has 2 aromatic heterocycles. The zero-order chi connectivity index (χ0) is 23.7. The molecule has 0 unspecified atom stereocenters. The topological polar surface area (TPSA) is 174 Å². The Balaban J connectivity index is 0.00000324. The van der Waals surface area contributed by atoms with E-state index < -0.39 is 34.9 Å². The van der Waals surface area contributed by atoms with Crippen LogP contribution >= 0.6 is 46.2 Å². The van der Waals surface area contributed by atoms with Gasteiger partial charge < -0.3 is 26.2 Å². The van der Waals surface area contributed by atoms with Crippen LogP contribution in [0.15, 0.2) is 32.1 Å². The number of β-lactam (4-membered cyclic amide) rings is 1. The number of rotatable bonds is 7. The van der Waals surface area contributed by atoms with E-state index in [4.69, 9.17) is 5.73 Å². The monoisotopic (exact) mass is 546 g/mol. The van der Waals surface area contributed by atoms with Crippen LogP contribution in [-0.4, -0.2) is 60.7 Å². The number of nitrogens with two attached hydrogens (primary N) is 1. The molecule has 172 valence electrons. The van der Waals surface area contributed by atoms with Crippen molar-refractivity contribution in [3.05, 3.63) is 43.2 Å². The van der Waals surface area contributed by atoms with Gasteiger partial charge in [-0.15, -0.1) is 34.4 Å². The second-order valence-electron chi connectivity index (χ2n) is 6.66. The zero-order valence-electron chi connectivity index (χ0n) is 17.8. The summed E-state index contributed by atoms with van der Waals surface area (Å²) in [4.78, 5) is 47.7. The molecule has 0 saturated carbocycles. The fourth-order valence-electron chi connectivity index (χ4n) is 3.14. The number of nitrogens with zero attached hydrogens (tertiary/aromatic N) is 4. The molecule has 4 N–H and O–H groups in total. The molecule has 0 radical (unpaired) electrons. The van der Waals surface area contributed by atoms with Crippen molar-refractivity contribution >= 4 is 80.9 Å². The summed E-state index contributed by atoms with van der Waals surface area (Å²) < 4.78 is 0. The van der Waals surface area contributed by atoms with Crippen molar-refractivity contribution in [1.82, 2.24) is 20.2 Å². The normalized spacial score (nSPS) is 20.1. The Labute approximate surface area is 231 Å². The minimum absolute atomic E-state index is 0. The Bertz CT molecular complexity index is 1230. The minimum Gasteiger partial charge on any atom is -0.543 e. The van der Waals surface area contributed by atoms with Crippen molar-refractivity contribution < 1.29 is 54.3 Å². The molecule has 2 atom stereocenters. The second-order valence-corrected chi connectivity index (χ2v) is 10.5. The van der Waals surface area contributed by atoms with Gasteiger partial charge in [0.05, 0.1) is 27.7 Å². The van der Waals surface area contributed by atoms with Crippen LogP contribution in [0.2, 0.25) is 0 Å². The first-order chi connectivity index (χ1) is 15.8. The maximum absolute atomic E-state index is 12.8. The molecule has 4 heterocycles. The third-order valence-electron chi connectivity index (χ3n) is 4.71. The van der Waals surface area contributed by atoms with Gasteiger partial charge in [-0.2, -0.15) is 0 Å². The van der Waals surface area contributed by atoms with E-state index in [-0.39, 0.29) is 46.1 Å². The molecule has 4 rings (SSSR count). The van der Waals surface area contributed by atoms with Gasteiger partial charge in [-0.1, -0.05) is 16.9 Å². The van der Waals surface area contributed by atoms with Crippen LogP contribution in [0.1, 0.15) is 16.3 Å². The van der Waals surface area contributed by atoms with Crippen LogP contribution in [0.25, 0.3) is 6.08 Å². The summed E-state index contributed by atoms with van der Waals surface area (Å²) in [5, 5.41) is 29.2. The number of amides is 2. The number of thioether (sulfide) groups is 2. The fourth-order valence-corrected chi connectivity index (χ4v) is 6.80. The van der Waals surface area contributed by atoms with Crippen LogP contribution in [0.3, 0.4) is 0 Å². The number of aryl methyl sites for hydroxylation is 1. The third-order valence-corrected chi connectivity index (χ3v) is 8.63. The molecule has 2 aliphatic rings. The summed E-state index contributed by atoms with van der Waals surface area (Å²) in [6.45, 7) is 1.87. The number of hydrogen-bond acceptors (Lipinski definition) is 13. The van der Waals surface area contributed by atoms with Gasteiger partial charge in [0.25, 0.3) is 11.8 Å². The Morgan fingerprint density at radius 2 is 2.21 bits per heavy atom. The molecule has 0 aliphatic carbocycles. The molecular formula is C18H15N6NaO5S4. The predicted octanol–water partition coefficient (Wildman–Crippen LogP) is -2.56. The van der Waals surface area contributed by atoms with Crippen molar-refractivity contribution in [2.75, 3.05) is 11.5 Å². The van der Waals surface area contributed by atoms with Gasteiger partial charge in [0.2, 0.25) is 0 Å². The predicted molar refractivity (Wildman–Crippen MR) is 125 cm³/mol. The van der Waals surface area contributed by atoms with Crippen LogP contribution in [-0.2, 0) is 14.4 Å². The van der Waals surface area contributed by atoms with Gasteiger partial charge in [-0.25, -0.2) is 9.97 Å². The second kappa shape index (κ2) is 11.2. The number of carboxylic acids is 1. The van der Waals surface area contributed by atoms with E-state index in [9.17, 15) is 24.7 Å². The number of hydrogen-bond donors (Lipinski definition) is 3. The fraction of sp³-hybridized carbons (Fsp3) is 0.222. The minimum atomic E-state index is -1.47. The maximum Gasteiger partial charge on any atom is 1.00 e. The molecule has 11 nitrogen and oxygen atoms in total. The van der Waals surface area contributed by atoms with Crippen molar-refractivity contribution in [2.24, 2.45) is 5.16 Å². The molecule has 16 heteroatoms. The molecule has 0 spiro atoms. The van der Waals surface area contributed by atoms with Gasteiger partial charge in [0.15, 0.2) is 10.8 Å². The number of anilines is 1. The number of aromatic nitrogens is 2. The smallest absolute Gasteiger partial charge is 0.543 e. The number of aliphatic carboxylic acids is 1. The van der Waals surface area contributed by atoms with Gasteiger partial charge >= 0.3 is 29.6 Å². The number of thiazole rings is 2. The van der Waals surface area contributed by atoms with Crippen molar-refractivity contribution in [3.8, 4) is 0 Å². The summed E-state index contributed by atoms with van der Waals surface area (Å²) in [5.41, 5.74) is 7.58. The van der Waals surface area contributed by atoms with E-state index >= 15 is 0 Å². The Hall–Kier alpha value is -1.88. The van der Waals surface area contributed by atoms with Crippen LogP contribution in [0.5, 0.6) is 0 Å². The third kappa shape index (κ3) is 5.19. The van der Waals surface area contributed by atoms with Crippen molar-refractivity contribution in [1.29, 1.82) is 0 Å². The molecule has 2 amide bonds. The average Bonchev–Trinajstić information content (AvgIpc) is 3.39. The average molecular weight is 547 g/mol. The van der Waals surface area contributed by atoms with E-state index in [0.717, 1.165) is 26.8 Å². The molecule has 2 aliphatic heterocycles. The molecular weight excluding hydrogens is 531 g/mol. The number of fused-ring (bicyclic) bond motifs is 1. The number of oxime groups is 1. The van der Waals surface area contributed by atoms with E-state index in [1.54, 1.807) is 10.9 Å². The number of nitrogen functional groups attached to an aromatic ring is 1. The summed E-state index contributed by atoms with van der Waals surface area (Å²) >= 11 is 5.02. The summed E-state index contributed by atoms with van der Waals surface area (Å²) in [6.07, 6.45) is 1.83. The number of nitrogens with one attached hydrogen (secondary N) is 1. The Kier molecular flexibility index (Phi) is 8.83. The van der Waals surface area contributed by atoms with Gasteiger partial charge in [0, 0.05) is 16.0 Å². The largest absolute Gasteiger partial charge is 1.00 e. The number of carbonyl (C=O) groups is 3. The molecule has 1 fully saturated rings. The van der Waals surface area contributed by atoms with Gasteiger partial charge in [-0.05, 0) is 18.4 Å². The Morgan fingerprint density at radius 3 is 2.79 bits per heavy atom. The zero-order valence-corrected chi connectivity index (χ0v) is 23.0. The van der Waals surface area contributed by atoms with Crippen LogP contribution in [0, 0.1) is 6.92 Å². The van der Waals surface area contributed by atoms with Crippen LogP contribution in [0.4, 0.5) is 5.13 Å². The number of carboxylic acid groups (broad SMARTS) is 1. The number of carbonyl (C=O) groups excluding carboxylic acids is 3. The first-order valence-electron chi connectivity index (χ1n) is 9.18. The molecule has 0 aromatic carbocycles. The standard InChI is InChI=1S/C18H16N6O5S4.Na/c1-7-9(33-6-20-7)2-3-30-10-5-31-16-12(15(26)24(16)13(10)17(27)28)22-14(25)11(23-29)8-4-32-18(19)21-8;/h2-4,6,12,16,29H,5H2,1H3,(H2,19,21)(H,22,25)(H,27,28);/q;+1/p-1/b3-2-,23-11-;/t12-,16-;/m1./s1. The van der Waals surface area contributed by atoms with E-state index in [2.05, 4.69) is 20.4 Å². The van der Waals surface area contributed by atoms with Crippen LogP contribution < -0.4 is 45.7 Å². The summed E-state index contributed by atoms with van der Waals surface area (Å²) in [5.74, 6) is -2.60. The first-order valence-corrected chi connectivity index (χ1v) is 12.9. The molecule has 1 saturated heterocycles. The molecule has 34 heavy (non-hydrogen) atoms. The summed E-state index contributed by atoms with van der Waals surface area (Å²) in [6, 6.07) is -0.994. The Morgan fingerprint density at radius 1 is 1.44 bits per heavy atom.